The molecule has 1 aromatic carbocycles. The summed E-state index contributed by atoms with van der Waals surface area (Å²) in [5.41, 5.74) is 0.999. The summed E-state index contributed by atoms with van der Waals surface area (Å²) in [6, 6.07) is 8.03. The van der Waals surface area contributed by atoms with Crippen molar-refractivity contribution in [3.05, 3.63) is 34.9 Å². The fourth-order valence-corrected chi connectivity index (χ4v) is 2.92. The molecule has 0 bridgehead atoms. The maximum Gasteiger partial charge on any atom is 0.237 e. The van der Waals surface area contributed by atoms with E-state index in [1.807, 2.05) is 31.2 Å². The van der Waals surface area contributed by atoms with Gasteiger partial charge < -0.3 is 10.1 Å². The highest BCUT2D eigenvalue weighted by atomic mass is 35.5. The molecule has 1 N–H and O–H groups in total. The van der Waals surface area contributed by atoms with Gasteiger partial charge in [0.25, 0.3) is 0 Å². The molecule has 1 saturated heterocycles. The van der Waals surface area contributed by atoms with Crippen molar-refractivity contribution in [2.24, 2.45) is 0 Å². The summed E-state index contributed by atoms with van der Waals surface area (Å²) < 4.78 is 5.84. The SMILES string of the molecule is C[C@@H](C(=O)NC1CC1)N1CCO[C@H](c2ccccc2Cl)C1. The molecule has 114 valence electrons. The van der Waals surface area contributed by atoms with Crippen LogP contribution >= 0.6 is 11.6 Å². The van der Waals surface area contributed by atoms with Gasteiger partial charge in [-0.25, -0.2) is 0 Å². The number of rotatable bonds is 4. The number of amides is 1. The van der Waals surface area contributed by atoms with Gasteiger partial charge in [-0.05, 0) is 25.8 Å². The molecule has 3 rings (SSSR count). The second-order valence-corrected chi connectivity index (χ2v) is 6.24. The second kappa shape index (κ2) is 6.34. The zero-order valence-electron chi connectivity index (χ0n) is 12.2. The van der Waals surface area contributed by atoms with Crippen LogP contribution in [-0.4, -0.2) is 42.6 Å². The zero-order chi connectivity index (χ0) is 14.8. The van der Waals surface area contributed by atoms with Gasteiger partial charge in [-0.15, -0.1) is 0 Å². The molecule has 2 aliphatic rings. The number of morpholine rings is 1. The lowest BCUT2D eigenvalue weighted by Gasteiger charge is -2.36. The van der Waals surface area contributed by atoms with Gasteiger partial charge in [0.1, 0.15) is 0 Å². The van der Waals surface area contributed by atoms with Crippen LogP contribution in [0.4, 0.5) is 0 Å². The molecule has 4 nitrogen and oxygen atoms in total. The monoisotopic (exact) mass is 308 g/mol. The van der Waals surface area contributed by atoms with Crippen molar-refractivity contribution >= 4 is 17.5 Å². The number of halogens is 1. The molecule has 1 saturated carbocycles. The molecule has 1 aliphatic carbocycles. The van der Waals surface area contributed by atoms with Crippen LogP contribution in [0.5, 0.6) is 0 Å². The van der Waals surface area contributed by atoms with Crippen LogP contribution in [0, 0.1) is 0 Å². The molecular formula is C16H21ClN2O2. The Balaban J connectivity index is 1.64. The van der Waals surface area contributed by atoms with Gasteiger partial charge in [0.05, 0.1) is 18.8 Å². The molecule has 0 spiro atoms. The summed E-state index contributed by atoms with van der Waals surface area (Å²) in [6.45, 7) is 4.06. The van der Waals surface area contributed by atoms with Gasteiger partial charge in [0, 0.05) is 29.7 Å². The third-order valence-electron chi connectivity index (χ3n) is 4.20. The van der Waals surface area contributed by atoms with Gasteiger partial charge >= 0.3 is 0 Å². The quantitative estimate of drug-likeness (QED) is 0.928. The Labute approximate surface area is 130 Å². The fraction of sp³-hybridized carbons (Fsp3) is 0.562. The third kappa shape index (κ3) is 3.57. The molecule has 2 fully saturated rings. The number of hydrogen-bond acceptors (Lipinski definition) is 3. The molecule has 1 aliphatic heterocycles. The molecule has 21 heavy (non-hydrogen) atoms. The van der Waals surface area contributed by atoms with Crippen LogP contribution in [0.3, 0.4) is 0 Å². The summed E-state index contributed by atoms with van der Waals surface area (Å²) >= 11 is 6.25. The first-order valence-electron chi connectivity index (χ1n) is 7.55. The lowest BCUT2D eigenvalue weighted by Crippen LogP contribution is -2.50. The highest BCUT2D eigenvalue weighted by Crippen LogP contribution is 2.29. The average molecular weight is 309 g/mol. The van der Waals surface area contributed by atoms with Crippen LogP contribution in [0.2, 0.25) is 5.02 Å². The van der Waals surface area contributed by atoms with Crippen LogP contribution in [0.15, 0.2) is 24.3 Å². The number of benzene rings is 1. The smallest absolute Gasteiger partial charge is 0.237 e. The fourth-order valence-electron chi connectivity index (χ4n) is 2.66. The minimum atomic E-state index is -0.125. The minimum Gasteiger partial charge on any atom is -0.371 e. The molecule has 5 heteroatoms. The van der Waals surface area contributed by atoms with E-state index in [4.69, 9.17) is 16.3 Å². The number of ether oxygens (including phenoxy) is 1. The first-order valence-corrected chi connectivity index (χ1v) is 7.93. The van der Waals surface area contributed by atoms with Gasteiger partial charge in [0.15, 0.2) is 0 Å². The van der Waals surface area contributed by atoms with E-state index in [1.54, 1.807) is 0 Å². The molecule has 0 radical (unpaired) electrons. The number of nitrogens with zero attached hydrogens (tertiary/aromatic N) is 1. The van der Waals surface area contributed by atoms with Gasteiger partial charge in [-0.3, -0.25) is 9.69 Å². The van der Waals surface area contributed by atoms with Crippen molar-refractivity contribution in [1.29, 1.82) is 0 Å². The minimum absolute atomic E-state index is 0.0661. The number of carbonyl (C=O) groups excluding carboxylic acids is 1. The molecule has 1 heterocycles. The number of carbonyl (C=O) groups is 1. The van der Waals surface area contributed by atoms with E-state index in [-0.39, 0.29) is 18.1 Å². The Kier molecular flexibility index (Phi) is 4.48. The maximum atomic E-state index is 12.2. The highest BCUT2D eigenvalue weighted by Gasteiger charge is 2.32. The van der Waals surface area contributed by atoms with Gasteiger partial charge in [-0.2, -0.15) is 0 Å². The third-order valence-corrected chi connectivity index (χ3v) is 4.55. The van der Waals surface area contributed by atoms with Crippen molar-refractivity contribution in [2.75, 3.05) is 19.7 Å². The van der Waals surface area contributed by atoms with Crippen molar-refractivity contribution in [3.8, 4) is 0 Å². The van der Waals surface area contributed by atoms with Crippen LogP contribution < -0.4 is 5.32 Å². The van der Waals surface area contributed by atoms with E-state index in [1.165, 1.54) is 0 Å². The van der Waals surface area contributed by atoms with Gasteiger partial charge in [-0.1, -0.05) is 29.8 Å². The van der Waals surface area contributed by atoms with Crippen LogP contribution in [0.1, 0.15) is 31.4 Å². The Hall–Kier alpha value is -1.10. The second-order valence-electron chi connectivity index (χ2n) is 5.83. The Bertz CT molecular complexity index is 519. The van der Waals surface area contributed by atoms with E-state index in [0.717, 1.165) is 30.0 Å². The number of hydrogen-bond donors (Lipinski definition) is 1. The van der Waals surface area contributed by atoms with Crippen molar-refractivity contribution < 1.29 is 9.53 Å². The normalized spacial score (nSPS) is 24.6. The average Bonchev–Trinajstić information content (AvgIpc) is 3.31. The topological polar surface area (TPSA) is 41.6 Å². The van der Waals surface area contributed by atoms with Gasteiger partial charge in [0.2, 0.25) is 5.91 Å². The molecule has 1 amide bonds. The van der Waals surface area contributed by atoms with E-state index >= 15 is 0 Å². The summed E-state index contributed by atoms with van der Waals surface area (Å²) in [7, 11) is 0. The standard InChI is InChI=1S/C16H21ClN2O2/c1-11(16(20)18-12-6-7-12)19-8-9-21-15(10-19)13-4-2-3-5-14(13)17/h2-5,11-12,15H,6-10H2,1H3,(H,18,20)/t11-,15-/m0/s1. The van der Waals surface area contributed by atoms with E-state index < -0.39 is 0 Å². The zero-order valence-corrected chi connectivity index (χ0v) is 13.0. The summed E-state index contributed by atoms with van der Waals surface area (Å²) in [5, 5.41) is 3.79. The largest absolute Gasteiger partial charge is 0.371 e. The lowest BCUT2D eigenvalue weighted by atomic mass is 10.1. The Morgan fingerprint density at radius 1 is 1.43 bits per heavy atom. The summed E-state index contributed by atoms with van der Waals surface area (Å²) in [4.78, 5) is 14.4. The highest BCUT2D eigenvalue weighted by molar-refractivity contribution is 6.31. The molecule has 0 unspecified atom stereocenters. The van der Waals surface area contributed by atoms with E-state index in [0.29, 0.717) is 19.2 Å². The Morgan fingerprint density at radius 3 is 2.90 bits per heavy atom. The molecule has 0 aromatic heterocycles. The maximum absolute atomic E-state index is 12.2. The summed E-state index contributed by atoms with van der Waals surface area (Å²) in [6.07, 6.45) is 2.16. The first kappa shape index (κ1) is 14.8. The predicted molar refractivity (Wildman–Crippen MR) is 82.3 cm³/mol. The Morgan fingerprint density at radius 2 is 2.19 bits per heavy atom. The van der Waals surface area contributed by atoms with Crippen LogP contribution in [0.25, 0.3) is 0 Å². The predicted octanol–water partition coefficient (Wildman–Crippen LogP) is 2.38. The van der Waals surface area contributed by atoms with Crippen molar-refractivity contribution in [2.45, 2.75) is 38.0 Å². The first-order chi connectivity index (χ1) is 10.1. The van der Waals surface area contributed by atoms with Crippen molar-refractivity contribution in [3.63, 3.8) is 0 Å². The lowest BCUT2D eigenvalue weighted by molar-refractivity contribution is -0.129. The van der Waals surface area contributed by atoms with Crippen LogP contribution in [-0.2, 0) is 9.53 Å². The van der Waals surface area contributed by atoms with Crippen molar-refractivity contribution in [1.82, 2.24) is 10.2 Å². The van der Waals surface area contributed by atoms with E-state index in [2.05, 4.69) is 10.2 Å². The molecular weight excluding hydrogens is 288 g/mol. The summed E-state index contributed by atoms with van der Waals surface area (Å²) in [5.74, 6) is 0.123. The molecule has 1 aromatic rings. The van der Waals surface area contributed by atoms with E-state index in [9.17, 15) is 4.79 Å². The molecule has 2 atom stereocenters. The number of nitrogens with one attached hydrogen (secondary N) is 1.